The number of unbranched alkanes of at least 4 members (excludes halogenated alkanes) is 2. The Morgan fingerprint density at radius 2 is 1.64 bits per heavy atom. The highest BCUT2D eigenvalue weighted by atomic mass is 13.8. The largest absolute Gasteiger partial charge is 0.0846 e. The second kappa shape index (κ2) is 9.22. The smallest absolute Gasteiger partial charge is 0.0313 e. The number of rotatable bonds is 6. The van der Waals surface area contributed by atoms with Crippen molar-refractivity contribution >= 4 is 0 Å². The van der Waals surface area contributed by atoms with Crippen molar-refractivity contribution < 1.29 is 0 Å². The van der Waals surface area contributed by atoms with Crippen LogP contribution in [0, 0.1) is 6.58 Å². The van der Waals surface area contributed by atoms with Crippen molar-refractivity contribution in [3.8, 4) is 0 Å². The molecule has 0 aromatic heterocycles. The summed E-state index contributed by atoms with van der Waals surface area (Å²) in [5, 5.41) is 0. The Hall–Kier alpha value is -0.780. The van der Waals surface area contributed by atoms with E-state index in [1.807, 2.05) is 0 Å². The van der Waals surface area contributed by atoms with Crippen molar-refractivity contribution in [1.29, 1.82) is 0 Å². The fourth-order valence-corrected chi connectivity index (χ4v) is 0.709. The zero-order valence-corrected chi connectivity index (χ0v) is 7.29. The first kappa shape index (κ1) is 10.2. The predicted octanol–water partition coefficient (Wildman–Crippen LogP) is 3.67. The van der Waals surface area contributed by atoms with Crippen molar-refractivity contribution in [2.45, 2.75) is 32.6 Å². The molecular weight excluding hydrogens is 132 g/mol. The van der Waals surface area contributed by atoms with Gasteiger partial charge in [0, 0.05) is 0 Å². The van der Waals surface area contributed by atoms with Gasteiger partial charge >= 0.3 is 0 Å². The molecule has 0 saturated heterocycles. The van der Waals surface area contributed by atoms with Crippen LogP contribution < -0.4 is 0 Å². The Kier molecular flexibility index (Phi) is 8.57. The van der Waals surface area contributed by atoms with Crippen LogP contribution in [-0.4, -0.2) is 0 Å². The Bertz CT molecular complexity index is 129. The molecule has 0 rings (SSSR count). The molecule has 0 nitrogen and oxygen atoms in total. The third-order valence-electron chi connectivity index (χ3n) is 1.34. The lowest BCUT2D eigenvalue weighted by Crippen LogP contribution is -1.62. The van der Waals surface area contributed by atoms with Crippen molar-refractivity contribution in [3.63, 3.8) is 0 Å². The van der Waals surface area contributed by atoms with E-state index in [0.717, 1.165) is 12.8 Å². The summed E-state index contributed by atoms with van der Waals surface area (Å²) in [5.74, 6) is 0. The van der Waals surface area contributed by atoms with E-state index >= 15 is 0 Å². The van der Waals surface area contributed by atoms with Gasteiger partial charge in [-0.1, -0.05) is 50.3 Å². The fraction of sp³-hybridized carbons (Fsp3) is 0.455. The van der Waals surface area contributed by atoms with Crippen LogP contribution in [0.15, 0.2) is 30.4 Å². The van der Waals surface area contributed by atoms with Crippen LogP contribution in [0.4, 0.5) is 0 Å². The summed E-state index contributed by atoms with van der Waals surface area (Å²) in [7, 11) is 0. The van der Waals surface area contributed by atoms with E-state index < -0.39 is 0 Å². The molecule has 0 bridgehead atoms. The van der Waals surface area contributed by atoms with Crippen LogP contribution in [0.5, 0.6) is 0 Å². The number of hydrogen-bond acceptors (Lipinski definition) is 0. The lowest BCUT2D eigenvalue weighted by Gasteiger charge is -1.83. The van der Waals surface area contributed by atoms with Gasteiger partial charge in [0.25, 0.3) is 0 Å². The van der Waals surface area contributed by atoms with Gasteiger partial charge in [0.1, 0.15) is 0 Å². The van der Waals surface area contributed by atoms with Gasteiger partial charge in [-0.05, 0) is 19.3 Å². The molecule has 0 N–H and O–H groups in total. The molecule has 0 unspecified atom stereocenters. The summed E-state index contributed by atoms with van der Waals surface area (Å²) in [6, 6.07) is 0. The minimum atomic E-state index is 0.970. The van der Waals surface area contributed by atoms with E-state index in [4.69, 9.17) is 6.58 Å². The van der Waals surface area contributed by atoms with Gasteiger partial charge in [0.05, 0.1) is 0 Å². The van der Waals surface area contributed by atoms with Crippen LogP contribution in [0.3, 0.4) is 0 Å². The Morgan fingerprint density at radius 3 is 2.18 bits per heavy atom. The van der Waals surface area contributed by atoms with Crippen molar-refractivity contribution in [2.75, 3.05) is 0 Å². The molecule has 0 saturated carbocycles. The summed E-state index contributed by atoms with van der Waals surface area (Å²) < 4.78 is 0. The average Bonchev–Trinajstić information content (AvgIpc) is 2.03. The molecule has 0 heterocycles. The van der Waals surface area contributed by atoms with E-state index in [9.17, 15) is 0 Å². The quantitative estimate of drug-likeness (QED) is 0.399. The molecule has 0 atom stereocenters. The molecule has 61 valence electrons. The molecule has 0 heteroatoms. The van der Waals surface area contributed by atoms with E-state index in [0.29, 0.717) is 0 Å². The lowest BCUT2D eigenvalue weighted by atomic mass is 10.2. The predicted molar refractivity (Wildman–Crippen MR) is 51.3 cm³/mol. The summed E-state index contributed by atoms with van der Waals surface area (Å²) >= 11 is 0. The minimum absolute atomic E-state index is 0.970. The zero-order valence-electron chi connectivity index (χ0n) is 7.29. The third-order valence-corrected chi connectivity index (χ3v) is 1.34. The highest BCUT2D eigenvalue weighted by Crippen LogP contribution is 1.93. The normalized spacial score (nSPS) is 11.4. The van der Waals surface area contributed by atoms with Crippen LogP contribution in [0.2, 0.25) is 0 Å². The molecule has 1 radical (unpaired) electrons. The maximum atomic E-state index is 5.21. The summed E-state index contributed by atoms with van der Waals surface area (Å²) in [6.07, 6.45) is 14.6. The van der Waals surface area contributed by atoms with E-state index in [1.54, 1.807) is 6.08 Å². The van der Waals surface area contributed by atoms with Gasteiger partial charge in [-0.2, -0.15) is 0 Å². The monoisotopic (exact) mass is 149 g/mol. The molecule has 0 spiro atoms. The van der Waals surface area contributed by atoms with Gasteiger partial charge in [-0.3, -0.25) is 0 Å². The van der Waals surface area contributed by atoms with Crippen LogP contribution in [0.1, 0.15) is 32.6 Å². The molecule has 0 fully saturated rings. The molecule has 0 aromatic carbocycles. The SMILES string of the molecule is [CH]=CCC/C=C/C=C/CCC. The molecule has 0 aromatic rings. The maximum Gasteiger partial charge on any atom is -0.0313 e. The second-order valence-electron chi connectivity index (χ2n) is 2.46. The van der Waals surface area contributed by atoms with Gasteiger partial charge < -0.3 is 0 Å². The zero-order chi connectivity index (χ0) is 8.36. The van der Waals surface area contributed by atoms with E-state index in [2.05, 4.69) is 31.2 Å². The number of hydrogen-bond donors (Lipinski definition) is 0. The molecular formula is C11H17. The average molecular weight is 149 g/mol. The molecule has 0 amide bonds. The second-order valence-corrected chi connectivity index (χ2v) is 2.46. The van der Waals surface area contributed by atoms with E-state index in [1.165, 1.54) is 12.8 Å². The van der Waals surface area contributed by atoms with Crippen LogP contribution >= 0.6 is 0 Å². The van der Waals surface area contributed by atoms with Crippen molar-refractivity contribution in [1.82, 2.24) is 0 Å². The van der Waals surface area contributed by atoms with Crippen LogP contribution in [-0.2, 0) is 0 Å². The summed E-state index contributed by atoms with van der Waals surface area (Å²) in [6.45, 7) is 7.39. The van der Waals surface area contributed by atoms with Crippen LogP contribution in [0.25, 0.3) is 0 Å². The lowest BCUT2D eigenvalue weighted by molar-refractivity contribution is 0.958. The molecule has 0 aliphatic heterocycles. The van der Waals surface area contributed by atoms with Gasteiger partial charge in [0.2, 0.25) is 0 Å². The molecule has 0 aliphatic carbocycles. The standard InChI is InChI=1S/C11H17/c1-3-5-7-9-11-10-8-6-4-2/h1,3,8-11H,4-7H2,2H3/b3-1?,10-8+,11-9+. The third kappa shape index (κ3) is 9.22. The fourth-order valence-electron chi connectivity index (χ4n) is 0.709. The molecule has 11 heavy (non-hydrogen) atoms. The highest BCUT2D eigenvalue weighted by molar-refractivity contribution is 5.02. The first-order valence-corrected chi connectivity index (χ1v) is 4.27. The first-order valence-electron chi connectivity index (χ1n) is 4.27. The Morgan fingerprint density at radius 1 is 1.00 bits per heavy atom. The van der Waals surface area contributed by atoms with Gasteiger partial charge in [-0.15, -0.1) is 0 Å². The van der Waals surface area contributed by atoms with Gasteiger partial charge in [-0.25, -0.2) is 0 Å². The summed E-state index contributed by atoms with van der Waals surface area (Å²) in [5.41, 5.74) is 0. The first-order chi connectivity index (χ1) is 5.41. The number of allylic oxidation sites excluding steroid dienone is 5. The van der Waals surface area contributed by atoms with Crippen molar-refractivity contribution in [2.24, 2.45) is 0 Å². The molecule has 0 aliphatic rings. The topological polar surface area (TPSA) is 0 Å². The Balaban J connectivity index is 3.20. The van der Waals surface area contributed by atoms with Gasteiger partial charge in [0.15, 0.2) is 0 Å². The highest BCUT2D eigenvalue weighted by Gasteiger charge is 1.72. The minimum Gasteiger partial charge on any atom is -0.0846 e. The van der Waals surface area contributed by atoms with E-state index in [-0.39, 0.29) is 0 Å². The van der Waals surface area contributed by atoms with Crippen molar-refractivity contribution in [3.05, 3.63) is 37.0 Å². The Labute approximate surface area is 70.3 Å². The summed E-state index contributed by atoms with van der Waals surface area (Å²) in [4.78, 5) is 0. The maximum absolute atomic E-state index is 5.21.